The quantitative estimate of drug-likeness (QED) is 0.838. The molecule has 1 saturated carbocycles. The molecule has 2 fully saturated rings. The Hall–Kier alpha value is -1.10. The van der Waals surface area contributed by atoms with Gasteiger partial charge in [0.05, 0.1) is 6.54 Å². The van der Waals surface area contributed by atoms with Crippen molar-refractivity contribution in [3.8, 4) is 0 Å². The summed E-state index contributed by atoms with van der Waals surface area (Å²) < 4.78 is 0. The van der Waals surface area contributed by atoms with Crippen LogP contribution in [0.4, 0.5) is 4.79 Å². The minimum absolute atomic E-state index is 0.190. The Bertz CT molecular complexity index is 357. The minimum atomic E-state index is -0.329. The molecule has 1 heterocycles. The van der Waals surface area contributed by atoms with Crippen molar-refractivity contribution in [3.05, 3.63) is 0 Å². The van der Waals surface area contributed by atoms with Gasteiger partial charge in [0.2, 0.25) is 5.91 Å². The predicted molar refractivity (Wildman–Crippen MR) is 82.9 cm³/mol. The van der Waals surface area contributed by atoms with Gasteiger partial charge in [-0.05, 0) is 31.1 Å². The fourth-order valence-electron chi connectivity index (χ4n) is 3.76. The van der Waals surface area contributed by atoms with Crippen LogP contribution in [0.1, 0.15) is 52.4 Å². The van der Waals surface area contributed by atoms with Crippen molar-refractivity contribution in [2.45, 2.75) is 58.4 Å². The first kappa shape index (κ1) is 16.3. The predicted octanol–water partition coefficient (Wildman–Crippen LogP) is 2.12. The lowest BCUT2D eigenvalue weighted by atomic mass is 9.92. The van der Waals surface area contributed by atoms with E-state index in [9.17, 15) is 9.59 Å². The van der Waals surface area contributed by atoms with Crippen LogP contribution < -0.4 is 10.6 Å². The molecule has 0 spiro atoms. The summed E-state index contributed by atoms with van der Waals surface area (Å²) in [4.78, 5) is 25.9. The lowest BCUT2D eigenvalue weighted by Gasteiger charge is -2.34. The molecule has 3 amide bonds. The monoisotopic (exact) mass is 295 g/mol. The smallest absolute Gasteiger partial charge is 0.321 e. The largest absolute Gasteiger partial charge is 0.335 e. The summed E-state index contributed by atoms with van der Waals surface area (Å²) in [7, 11) is 0. The number of amides is 3. The fourth-order valence-corrected chi connectivity index (χ4v) is 3.76. The molecule has 0 radical (unpaired) electrons. The molecule has 1 aliphatic carbocycles. The van der Waals surface area contributed by atoms with E-state index in [0.717, 1.165) is 25.9 Å². The molecule has 5 heteroatoms. The molecular weight excluding hydrogens is 266 g/mol. The molecule has 2 aliphatic rings. The van der Waals surface area contributed by atoms with Crippen molar-refractivity contribution in [1.29, 1.82) is 0 Å². The zero-order valence-electron chi connectivity index (χ0n) is 13.4. The molecule has 120 valence electrons. The SMILES string of the molecule is C[C@@H]1C[C@H](C)CN(CC(=O)NC(=O)NC2CCCCC2)C1. The van der Waals surface area contributed by atoms with Crippen LogP contribution in [-0.4, -0.2) is 42.5 Å². The second-order valence-electron chi connectivity index (χ2n) is 7.00. The van der Waals surface area contributed by atoms with Gasteiger partial charge in [0.25, 0.3) is 0 Å². The standard InChI is InChI=1S/C16H29N3O2/c1-12-8-13(2)10-19(9-12)11-15(20)18-16(21)17-14-6-4-3-5-7-14/h12-14H,3-11H2,1-2H3,(H2,17,18,20,21)/t12-,13+. The highest BCUT2D eigenvalue weighted by molar-refractivity contribution is 5.95. The van der Waals surface area contributed by atoms with Crippen molar-refractivity contribution < 1.29 is 9.59 Å². The van der Waals surface area contributed by atoms with Crippen molar-refractivity contribution in [1.82, 2.24) is 15.5 Å². The highest BCUT2D eigenvalue weighted by Gasteiger charge is 2.24. The summed E-state index contributed by atoms with van der Waals surface area (Å²) in [6, 6.07) is -0.0911. The molecule has 0 bridgehead atoms. The Balaban J connectivity index is 1.69. The third-order valence-electron chi connectivity index (χ3n) is 4.51. The van der Waals surface area contributed by atoms with Crippen molar-refractivity contribution in [2.24, 2.45) is 11.8 Å². The van der Waals surface area contributed by atoms with Crippen LogP contribution in [0.2, 0.25) is 0 Å². The summed E-state index contributed by atoms with van der Waals surface area (Å²) in [6.07, 6.45) is 6.88. The van der Waals surface area contributed by atoms with E-state index in [1.165, 1.54) is 25.7 Å². The summed E-state index contributed by atoms with van der Waals surface area (Å²) in [5.74, 6) is 1.06. The molecule has 2 atom stereocenters. The topological polar surface area (TPSA) is 61.4 Å². The Labute approximate surface area is 127 Å². The summed E-state index contributed by atoms with van der Waals surface area (Å²) in [5.41, 5.74) is 0. The number of carbonyl (C=O) groups excluding carboxylic acids is 2. The van der Waals surface area contributed by atoms with E-state index in [4.69, 9.17) is 0 Å². The van der Waals surface area contributed by atoms with Crippen molar-refractivity contribution in [2.75, 3.05) is 19.6 Å². The van der Waals surface area contributed by atoms with Crippen LogP contribution in [0.5, 0.6) is 0 Å². The number of piperidine rings is 1. The zero-order valence-corrected chi connectivity index (χ0v) is 13.4. The lowest BCUT2D eigenvalue weighted by Crippen LogP contribution is -2.49. The van der Waals surface area contributed by atoms with Gasteiger partial charge in [-0.15, -0.1) is 0 Å². The highest BCUT2D eigenvalue weighted by atomic mass is 16.2. The van der Waals surface area contributed by atoms with E-state index >= 15 is 0 Å². The number of imide groups is 1. The highest BCUT2D eigenvalue weighted by Crippen LogP contribution is 2.20. The molecule has 0 aromatic carbocycles. The third kappa shape index (κ3) is 5.65. The average molecular weight is 295 g/mol. The van der Waals surface area contributed by atoms with Crippen LogP contribution >= 0.6 is 0 Å². The van der Waals surface area contributed by atoms with E-state index in [2.05, 4.69) is 29.4 Å². The van der Waals surface area contributed by atoms with Crippen LogP contribution in [0, 0.1) is 11.8 Å². The van der Waals surface area contributed by atoms with Gasteiger partial charge in [0.1, 0.15) is 0 Å². The summed E-state index contributed by atoms with van der Waals surface area (Å²) >= 11 is 0. The van der Waals surface area contributed by atoms with Gasteiger partial charge in [0, 0.05) is 19.1 Å². The molecule has 1 aliphatic heterocycles. The van der Waals surface area contributed by atoms with E-state index in [1.54, 1.807) is 0 Å². The molecule has 1 saturated heterocycles. The van der Waals surface area contributed by atoms with Gasteiger partial charge in [-0.3, -0.25) is 15.0 Å². The number of hydrogen-bond donors (Lipinski definition) is 2. The van der Waals surface area contributed by atoms with E-state index in [0.29, 0.717) is 18.4 Å². The van der Waals surface area contributed by atoms with Gasteiger partial charge in [0.15, 0.2) is 0 Å². The third-order valence-corrected chi connectivity index (χ3v) is 4.51. The number of likely N-dealkylation sites (tertiary alicyclic amines) is 1. The maximum absolute atomic E-state index is 12.0. The number of nitrogens with one attached hydrogen (secondary N) is 2. The summed E-state index contributed by atoms with van der Waals surface area (Å²) in [6.45, 7) is 6.66. The van der Waals surface area contributed by atoms with Crippen LogP contribution in [-0.2, 0) is 4.79 Å². The molecule has 2 N–H and O–H groups in total. The Kier molecular flexibility index (Phi) is 6.03. The Morgan fingerprint density at radius 3 is 2.29 bits per heavy atom. The first-order valence-corrected chi connectivity index (χ1v) is 8.35. The maximum Gasteiger partial charge on any atom is 0.321 e. The lowest BCUT2D eigenvalue weighted by molar-refractivity contribution is -0.121. The molecule has 5 nitrogen and oxygen atoms in total. The number of carbonyl (C=O) groups is 2. The first-order chi connectivity index (χ1) is 10.0. The molecule has 2 rings (SSSR count). The van der Waals surface area contributed by atoms with E-state index < -0.39 is 0 Å². The van der Waals surface area contributed by atoms with Gasteiger partial charge < -0.3 is 5.32 Å². The molecule has 0 unspecified atom stereocenters. The van der Waals surface area contributed by atoms with Crippen molar-refractivity contribution >= 4 is 11.9 Å². The van der Waals surface area contributed by atoms with E-state index in [-0.39, 0.29) is 18.0 Å². The maximum atomic E-state index is 12.0. The number of hydrogen-bond acceptors (Lipinski definition) is 3. The molecule has 21 heavy (non-hydrogen) atoms. The second kappa shape index (κ2) is 7.78. The normalized spacial score (nSPS) is 28.1. The Morgan fingerprint density at radius 2 is 1.67 bits per heavy atom. The van der Waals surface area contributed by atoms with Crippen LogP contribution in [0.15, 0.2) is 0 Å². The molecule has 0 aromatic rings. The van der Waals surface area contributed by atoms with Gasteiger partial charge in [-0.1, -0.05) is 33.1 Å². The van der Waals surface area contributed by atoms with Gasteiger partial charge >= 0.3 is 6.03 Å². The summed E-state index contributed by atoms with van der Waals surface area (Å²) in [5, 5.41) is 5.39. The average Bonchev–Trinajstić information content (AvgIpc) is 2.37. The van der Waals surface area contributed by atoms with Crippen LogP contribution in [0.25, 0.3) is 0 Å². The van der Waals surface area contributed by atoms with Gasteiger partial charge in [-0.25, -0.2) is 4.79 Å². The number of nitrogens with zero attached hydrogens (tertiary/aromatic N) is 1. The first-order valence-electron chi connectivity index (χ1n) is 8.35. The fraction of sp³-hybridized carbons (Fsp3) is 0.875. The zero-order chi connectivity index (χ0) is 15.2. The van der Waals surface area contributed by atoms with Gasteiger partial charge in [-0.2, -0.15) is 0 Å². The number of rotatable bonds is 3. The molecule has 0 aromatic heterocycles. The minimum Gasteiger partial charge on any atom is -0.335 e. The molecular formula is C16H29N3O2. The van der Waals surface area contributed by atoms with E-state index in [1.807, 2.05) is 0 Å². The Morgan fingerprint density at radius 1 is 1.05 bits per heavy atom. The second-order valence-corrected chi connectivity index (χ2v) is 7.00. The number of urea groups is 1. The van der Waals surface area contributed by atoms with Crippen molar-refractivity contribution in [3.63, 3.8) is 0 Å². The van der Waals surface area contributed by atoms with Crippen LogP contribution in [0.3, 0.4) is 0 Å².